The minimum atomic E-state index is -0.315. The maximum absolute atomic E-state index is 12.2. The third kappa shape index (κ3) is 3.64. The fourth-order valence-electron chi connectivity index (χ4n) is 2.82. The highest BCUT2D eigenvalue weighted by atomic mass is 16.3. The first kappa shape index (κ1) is 16.8. The van der Waals surface area contributed by atoms with Gasteiger partial charge in [0.25, 0.3) is 11.8 Å². The van der Waals surface area contributed by atoms with Crippen LogP contribution in [-0.2, 0) is 0 Å². The van der Waals surface area contributed by atoms with Crippen molar-refractivity contribution in [2.24, 2.45) is 0 Å². The summed E-state index contributed by atoms with van der Waals surface area (Å²) >= 11 is 0. The van der Waals surface area contributed by atoms with Gasteiger partial charge in [0.1, 0.15) is 11.3 Å². The van der Waals surface area contributed by atoms with E-state index in [9.17, 15) is 9.59 Å². The molecule has 0 radical (unpaired) electrons. The van der Waals surface area contributed by atoms with Crippen molar-refractivity contribution in [1.29, 1.82) is 0 Å². The van der Waals surface area contributed by atoms with Gasteiger partial charge in [0, 0.05) is 23.9 Å². The minimum Gasteiger partial charge on any atom is -0.451 e. The largest absolute Gasteiger partial charge is 0.451 e. The normalized spacial score (nSPS) is 10.8. The highest BCUT2D eigenvalue weighted by Gasteiger charge is 2.12. The Labute approximate surface area is 155 Å². The molecule has 134 valence electrons. The quantitative estimate of drug-likeness (QED) is 0.536. The molecular weight excluding hydrogens is 342 g/mol. The third-order valence-electron chi connectivity index (χ3n) is 4.18. The van der Waals surface area contributed by atoms with Crippen LogP contribution >= 0.6 is 0 Å². The number of amides is 2. The number of hydrogen-bond donors (Lipinski definition) is 2. The summed E-state index contributed by atoms with van der Waals surface area (Å²) in [6, 6.07) is 20.3. The molecule has 2 aromatic heterocycles. The van der Waals surface area contributed by atoms with Gasteiger partial charge in [0.2, 0.25) is 0 Å². The number of furan rings is 1. The lowest BCUT2D eigenvalue weighted by molar-refractivity contribution is 0.0911. The second kappa shape index (κ2) is 7.29. The lowest BCUT2D eigenvalue weighted by Crippen LogP contribution is -2.34. The summed E-state index contributed by atoms with van der Waals surface area (Å²) in [5, 5.41) is 7.33. The van der Waals surface area contributed by atoms with Crippen LogP contribution in [0.25, 0.3) is 21.9 Å². The summed E-state index contributed by atoms with van der Waals surface area (Å²) in [7, 11) is 0. The molecule has 0 aliphatic rings. The lowest BCUT2D eigenvalue weighted by Gasteiger charge is -2.06. The zero-order valence-electron chi connectivity index (χ0n) is 14.4. The lowest BCUT2D eigenvalue weighted by atomic mass is 10.2. The van der Waals surface area contributed by atoms with E-state index < -0.39 is 0 Å². The Balaban J connectivity index is 1.31. The number of carbonyl (C=O) groups excluding carboxylic acids is 2. The van der Waals surface area contributed by atoms with E-state index in [1.54, 1.807) is 12.1 Å². The van der Waals surface area contributed by atoms with Crippen molar-refractivity contribution in [3.63, 3.8) is 0 Å². The predicted octanol–water partition coefficient (Wildman–Crippen LogP) is 3.14. The van der Waals surface area contributed by atoms with Crippen molar-refractivity contribution in [3.8, 4) is 0 Å². The Hall–Kier alpha value is -3.67. The van der Waals surface area contributed by atoms with Crippen molar-refractivity contribution in [1.82, 2.24) is 15.6 Å². The first-order chi connectivity index (χ1) is 13.2. The van der Waals surface area contributed by atoms with Crippen LogP contribution in [0.1, 0.15) is 21.0 Å². The molecule has 0 saturated heterocycles. The van der Waals surface area contributed by atoms with Gasteiger partial charge in [0.05, 0.1) is 5.52 Å². The van der Waals surface area contributed by atoms with Crippen molar-refractivity contribution < 1.29 is 14.0 Å². The molecule has 0 fully saturated rings. The van der Waals surface area contributed by atoms with Crippen LogP contribution in [0.2, 0.25) is 0 Å². The summed E-state index contributed by atoms with van der Waals surface area (Å²) in [4.78, 5) is 28.7. The number of nitrogens with zero attached hydrogens (tertiary/aromatic N) is 1. The highest BCUT2D eigenvalue weighted by Crippen LogP contribution is 2.18. The summed E-state index contributed by atoms with van der Waals surface area (Å²) in [5.41, 5.74) is 1.78. The maximum atomic E-state index is 12.2. The van der Waals surface area contributed by atoms with Gasteiger partial charge in [-0.2, -0.15) is 0 Å². The van der Waals surface area contributed by atoms with E-state index in [1.165, 1.54) is 0 Å². The molecule has 4 aromatic rings. The Morgan fingerprint density at radius 3 is 2.33 bits per heavy atom. The van der Waals surface area contributed by atoms with Crippen LogP contribution in [0, 0.1) is 0 Å². The van der Waals surface area contributed by atoms with E-state index in [4.69, 9.17) is 4.42 Å². The molecule has 2 heterocycles. The standard InChI is InChI=1S/C21H17N3O3/c25-20(17-10-9-14-5-1-3-7-16(14)24-17)22-11-12-23-21(26)19-13-15-6-2-4-8-18(15)27-19/h1-10,13H,11-12H2,(H,22,25)(H,23,26). The second-order valence-corrected chi connectivity index (χ2v) is 6.05. The Morgan fingerprint density at radius 2 is 1.52 bits per heavy atom. The number of para-hydroxylation sites is 2. The Morgan fingerprint density at radius 1 is 0.815 bits per heavy atom. The molecule has 4 rings (SSSR count). The smallest absolute Gasteiger partial charge is 0.287 e. The summed E-state index contributed by atoms with van der Waals surface area (Å²) in [5.74, 6) is -0.346. The number of pyridine rings is 1. The molecule has 0 unspecified atom stereocenters. The molecular formula is C21H17N3O3. The van der Waals surface area contributed by atoms with Gasteiger partial charge >= 0.3 is 0 Å². The fourth-order valence-corrected chi connectivity index (χ4v) is 2.82. The number of rotatable bonds is 5. The molecule has 0 spiro atoms. The van der Waals surface area contributed by atoms with Crippen LogP contribution in [0.4, 0.5) is 0 Å². The van der Waals surface area contributed by atoms with Gasteiger partial charge in [-0.3, -0.25) is 9.59 Å². The van der Waals surface area contributed by atoms with Crippen molar-refractivity contribution in [2.45, 2.75) is 0 Å². The molecule has 0 saturated carbocycles. The fraction of sp³-hybridized carbons (Fsp3) is 0.0952. The number of carbonyl (C=O) groups is 2. The van der Waals surface area contributed by atoms with E-state index in [-0.39, 0.29) is 24.1 Å². The average molecular weight is 359 g/mol. The van der Waals surface area contributed by atoms with E-state index in [2.05, 4.69) is 15.6 Å². The number of fused-ring (bicyclic) bond motifs is 2. The predicted molar refractivity (Wildman–Crippen MR) is 103 cm³/mol. The minimum absolute atomic E-state index is 0.249. The zero-order valence-corrected chi connectivity index (χ0v) is 14.4. The Kier molecular flexibility index (Phi) is 4.53. The molecule has 0 bridgehead atoms. The van der Waals surface area contributed by atoms with Gasteiger partial charge in [-0.25, -0.2) is 4.98 Å². The van der Waals surface area contributed by atoms with Gasteiger partial charge in [-0.15, -0.1) is 0 Å². The molecule has 0 atom stereocenters. The van der Waals surface area contributed by atoms with Crippen molar-refractivity contribution >= 4 is 33.7 Å². The molecule has 2 aromatic carbocycles. The topological polar surface area (TPSA) is 84.2 Å². The first-order valence-electron chi connectivity index (χ1n) is 8.61. The second-order valence-electron chi connectivity index (χ2n) is 6.05. The molecule has 2 N–H and O–H groups in total. The SMILES string of the molecule is O=C(NCCNC(=O)c1cc2ccccc2o1)c1ccc2ccccc2n1. The van der Waals surface area contributed by atoms with E-state index in [0.717, 1.165) is 16.3 Å². The van der Waals surface area contributed by atoms with Crippen LogP contribution in [-0.4, -0.2) is 29.9 Å². The number of benzene rings is 2. The average Bonchev–Trinajstić information content (AvgIpc) is 3.15. The van der Waals surface area contributed by atoms with Gasteiger partial charge < -0.3 is 15.1 Å². The molecule has 0 aliphatic carbocycles. The maximum Gasteiger partial charge on any atom is 0.287 e. The Bertz CT molecular complexity index is 1100. The van der Waals surface area contributed by atoms with Gasteiger partial charge in [-0.05, 0) is 24.3 Å². The van der Waals surface area contributed by atoms with Crippen LogP contribution < -0.4 is 10.6 Å². The zero-order chi connectivity index (χ0) is 18.6. The number of aromatic nitrogens is 1. The molecule has 2 amide bonds. The number of hydrogen-bond acceptors (Lipinski definition) is 4. The first-order valence-corrected chi connectivity index (χ1v) is 8.61. The van der Waals surface area contributed by atoms with Crippen LogP contribution in [0.5, 0.6) is 0 Å². The van der Waals surface area contributed by atoms with Crippen molar-refractivity contribution in [3.05, 3.63) is 78.2 Å². The molecule has 6 nitrogen and oxygen atoms in total. The van der Waals surface area contributed by atoms with Crippen LogP contribution in [0.3, 0.4) is 0 Å². The van der Waals surface area contributed by atoms with Crippen molar-refractivity contribution in [2.75, 3.05) is 13.1 Å². The van der Waals surface area contributed by atoms with Crippen LogP contribution in [0.15, 0.2) is 71.1 Å². The third-order valence-corrected chi connectivity index (χ3v) is 4.18. The summed E-state index contributed by atoms with van der Waals surface area (Å²) in [6.45, 7) is 0.578. The van der Waals surface area contributed by atoms with E-state index >= 15 is 0 Å². The molecule has 6 heteroatoms. The van der Waals surface area contributed by atoms with E-state index in [1.807, 2.05) is 54.6 Å². The number of nitrogens with one attached hydrogen (secondary N) is 2. The summed E-state index contributed by atoms with van der Waals surface area (Å²) < 4.78 is 5.51. The molecule has 0 aliphatic heterocycles. The van der Waals surface area contributed by atoms with Gasteiger partial charge in [-0.1, -0.05) is 42.5 Å². The molecule has 27 heavy (non-hydrogen) atoms. The monoisotopic (exact) mass is 359 g/mol. The summed E-state index contributed by atoms with van der Waals surface area (Å²) in [6.07, 6.45) is 0. The van der Waals surface area contributed by atoms with Gasteiger partial charge in [0.15, 0.2) is 5.76 Å². The van der Waals surface area contributed by atoms with E-state index in [0.29, 0.717) is 17.8 Å². The highest BCUT2D eigenvalue weighted by molar-refractivity contribution is 5.96.